The third-order valence-corrected chi connectivity index (χ3v) is 3.61. The second-order valence-corrected chi connectivity index (χ2v) is 5.12. The number of benzene rings is 1. The third-order valence-electron chi connectivity index (χ3n) is 3.61. The molecule has 1 atom stereocenters. The molecule has 1 aromatic carbocycles. The number of carbonyl (C=O) groups is 2. The second-order valence-electron chi connectivity index (χ2n) is 5.12. The van der Waals surface area contributed by atoms with Crippen molar-refractivity contribution in [2.75, 3.05) is 13.4 Å². The Bertz CT molecular complexity index is 693. The van der Waals surface area contributed by atoms with Crippen LogP contribution in [0.4, 0.5) is 18.0 Å². The largest absolute Gasteiger partial charge is 0.454 e. The molecule has 1 saturated heterocycles. The summed E-state index contributed by atoms with van der Waals surface area (Å²) in [7, 11) is 0. The molecule has 0 aliphatic carbocycles. The molecule has 130 valence electrons. The fourth-order valence-corrected chi connectivity index (χ4v) is 2.51. The van der Waals surface area contributed by atoms with Gasteiger partial charge in [0.15, 0.2) is 11.5 Å². The Morgan fingerprint density at radius 2 is 2.00 bits per heavy atom. The van der Waals surface area contributed by atoms with E-state index in [1.807, 2.05) is 0 Å². The highest BCUT2D eigenvalue weighted by molar-refractivity contribution is 6.06. The molecule has 0 radical (unpaired) electrons. The minimum absolute atomic E-state index is 0.0312. The summed E-state index contributed by atoms with van der Waals surface area (Å²) in [6.07, 6.45) is -5.08. The van der Waals surface area contributed by atoms with Gasteiger partial charge in [-0.2, -0.15) is 13.2 Å². The van der Waals surface area contributed by atoms with Crippen LogP contribution >= 0.6 is 0 Å². The van der Waals surface area contributed by atoms with Crippen molar-refractivity contribution in [3.05, 3.63) is 23.8 Å². The van der Waals surface area contributed by atoms with Crippen molar-refractivity contribution in [2.24, 2.45) is 0 Å². The average molecular weight is 346 g/mol. The van der Waals surface area contributed by atoms with Crippen LogP contribution < -0.4 is 14.8 Å². The number of alkyl halides is 3. The van der Waals surface area contributed by atoms with Gasteiger partial charge in [-0.25, -0.2) is 4.79 Å². The Balaban J connectivity index is 1.86. The Hall–Kier alpha value is -2.49. The summed E-state index contributed by atoms with van der Waals surface area (Å²) in [4.78, 5) is 24.6. The molecule has 0 aromatic heterocycles. The van der Waals surface area contributed by atoms with E-state index in [1.165, 1.54) is 19.1 Å². The third kappa shape index (κ3) is 2.42. The Kier molecular flexibility index (Phi) is 3.78. The summed E-state index contributed by atoms with van der Waals surface area (Å²) in [6, 6.07) is 3.40. The fourth-order valence-electron chi connectivity index (χ4n) is 2.51. The number of fused-ring (bicyclic) bond motifs is 1. The van der Waals surface area contributed by atoms with Gasteiger partial charge in [0.1, 0.15) is 0 Å². The van der Waals surface area contributed by atoms with E-state index in [0.717, 1.165) is 0 Å². The lowest BCUT2D eigenvalue weighted by Crippen LogP contribution is -2.60. The van der Waals surface area contributed by atoms with Crippen LogP contribution in [0.25, 0.3) is 0 Å². The molecule has 24 heavy (non-hydrogen) atoms. The van der Waals surface area contributed by atoms with Crippen molar-refractivity contribution in [1.29, 1.82) is 0 Å². The molecule has 3 amide bonds. The van der Waals surface area contributed by atoms with Gasteiger partial charge in [-0.1, -0.05) is 6.07 Å². The van der Waals surface area contributed by atoms with Gasteiger partial charge in [0.2, 0.25) is 6.79 Å². The lowest BCUT2D eigenvalue weighted by atomic mass is 10.1. The molecule has 1 fully saturated rings. The summed E-state index contributed by atoms with van der Waals surface area (Å²) < 4.78 is 54.8. The average Bonchev–Trinajstić information content (AvgIpc) is 3.05. The van der Waals surface area contributed by atoms with Crippen molar-refractivity contribution in [3.8, 4) is 11.5 Å². The molecule has 0 saturated carbocycles. The summed E-state index contributed by atoms with van der Waals surface area (Å²) in [5.74, 6) is -0.624. The monoisotopic (exact) mass is 346 g/mol. The van der Waals surface area contributed by atoms with Crippen molar-refractivity contribution in [1.82, 2.24) is 10.2 Å². The van der Waals surface area contributed by atoms with E-state index in [0.29, 0.717) is 22.0 Å². The van der Waals surface area contributed by atoms with Crippen molar-refractivity contribution in [2.45, 2.75) is 25.4 Å². The van der Waals surface area contributed by atoms with E-state index >= 15 is 0 Å². The first-order valence-corrected chi connectivity index (χ1v) is 7.02. The zero-order valence-corrected chi connectivity index (χ0v) is 12.5. The van der Waals surface area contributed by atoms with Gasteiger partial charge in [-0.05, 0) is 24.6 Å². The van der Waals surface area contributed by atoms with Crippen LogP contribution in [0.5, 0.6) is 11.5 Å². The predicted molar refractivity (Wildman–Crippen MR) is 72.1 cm³/mol. The van der Waals surface area contributed by atoms with E-state index in [4.69, 9.17) is 9.47 Å². The van der Waals surface area contributed by atoms with Crippen LogP contribution in [0, 0.1) is 0 Å². The van der Waals surface area contributed by atoms with Gasteiger partial charge in [0.25, 0.3) is 5.91 Å². The van der Waals surface area contributed by atoms with E-state index in [-0.39, 0.29) is 13.3 Å². The number of hydrogen-bond donors (Lipinski definition) is 1. The predicted octanol–water partition coefficient (Wildman–Crippen LogP) is 1.76. The molecule has 2 heterocycles. The van der Waals surface area contributed by atoms with E-state index in [9.17, 15) is 22.8 Å². The van der Waals surface area contributed by atoms with Gasteiger partial charge < -0.3 is 14.2 Å². The number of imide groups is 1. The lowest BCUT2D eigenvalue weighted by molar-refractivity contribution is -0.270. The molecule has 2 aliphatic heterocycles. The number of halogens is 3. The highest BCUT2D eigenvalue weighted by Gasteiger charge is 2.69. The van der Waals surface area contributed by atoms with Gasteiger partial charge in [0.05, 0.1) is 6.54 Å². The first-order valence-electron chi connectivity index (χ1n) is 7.02. The maximum Gasteiger partial charge on any atom is 0.446 e. The second kappa shape index (κ2) is 5.55. The lowest BCUT2D eigenvalue weighted by Gasteiger charge is -2.28. The fraction of sp³-hybridized carbons (Fsp3) is 0.429. The zero-order chi connectivity index (χ0) is 17.5. The Labute approximate surface area is 134 Å². The zero-order valence-electron chi connectivity index (χ0n) is 12.5. The summed E-state index contributed by atoms with van der Waals surface area (Å²) in [6.45, 7) is 0.576. The number of nitrogens with zero attached hydrogens (tertiary/aromatic N) is 1. The first-order chi connectivity index (χ1) is 11.3. The molecule has 0 spiro atoms. The Morgan fingerprint density at radius 3 is 2.67 bits per heavy atom. The minimum atomic E-state index is -5.08. The van der Waals surface area contributed by atoms with Crippen LogP contribution in [0.2, 0.25) is 0 Å². The van der Waals surface area contributed by atoms with Crippen LogP contribution in [0.15, 0.2) is 18.2 Å². The highest BCUT2D eigenvalue weighted by Crippen LogP contribution is 2.38. The number of hydrogen-bond acceptors (Lipinski definition) is 5. The summed E-state index contributed by atoms with van der Waals surface area (Å²) >= 11 is 0. The van der Waals surface area contributed by atoms with Crippen molar-refractivity contribution in [3.63, 3.8) is 0 Å². The van der Waals surface area contributed by atoms with E-state index in [1.54, 1.807) is 11.4 Å². The van der Waals surface area contributed by atoms with Crippen LogP contribution in [-0.4, -0.2) is 42.1 Å². The summed E-state index contributed by atoms with van der Waals surface area (Å²) in [5.41, 5.74) is -2.94. The minimum Gasteiger partial charge on any atom is -0.454 e. The molecule has 10 heteroatoms. The molecule has 2 aliphatic rings. The van der Waals surface area contributed by atoms with Crippen molar-refractivity contribution < 1.29 is 37.0 Å². The van der Waals surface area contributed by atoms with Gasteiger partial charge in [0, 0.05) is 6.61 Å². The molecule has 1 N–H and O–H groups in total. The molecular weight excluding hydrogens is 333 g/mol. The summed E-state index contributed by atoms with van der Waals surface area (Å²) in [5, 5.41) is 1.61. The quantitative estimate of drug-likeness (QED) is 0.841. The maximum absolute atomic E-state index is 13.3. The number of amides is 3. The SMILES string of the molecule is CCO[C@@]1(C(F)(F)F)NC(=O)N(Cc2ccc3c(c2)OCO3)C1=O. The molecular formula is C14H13F3N2O5. The number of carbonyl (C=O) groups excluding carboxylic acids is 2. The number of urea groups is 1. The van der Waals surface area contributed by atoms with Crippen molar-refractivity contribution >= 4 is 11.9 Å². The standard InChI is InChI=1S/C14H13F3N2O5/c1-2-24-13(14(15,16)17)11(20)19(12(21)18-13)6-8-3-4-9-10(5-8)23-7-22-9/h3-5H,2,6-7H2,1H3,(H,18,21)/t13-/m0/s1. The topological polar surface area (TPSA) is 77.1 Å². The molecule has 1 aromatic rings. The maximum atomic E-state index is 13.3. The normalized spacial score (nSPS) is 22.9. The first kappa shape index (κ1) is 16.4. The van der Waals surface area contributed by atoms with Gasteiger partial charge in [-0.15, -0.1) is 0 Å². The van der Waals surface area contributed by atoms with Gasteiger partial charge >= 0.3 is 17.9 Å². The molecule has 0 unspecified atom stereocenters. The van der Waals surface area contributed by atoms with E-state index in [2.05, 4.69) is 4.74 Å². The molecule has 0 bridgehead atoms. The smallest absolute Gasteiger partial charge is 0.446 e. The number of nitrogens with one attached hydrogen (secondary N) is 1. The highest BCUT2D eigenvalue weighted by atomic mass is 19.4. The van der Waals surface area contributed by atoms with E-state index < -0.39 is 30.4 Å². The molecule has 7 nitrogen and oxygen atoms in total. The van der Waals surface area contributed by atoms with Crippen LogP contribution in [-0.2, 0) is 16.1 Å². The van der Waals surface area contributed by atoms with Crippen LogP contribution in [0.3, 0.4) is 0 Å². The number of rotatable bonds is 4. The Morgan fingerprint density at radius 1 is 1.29 bits per heavy atom. The number of ether oxygens (including phenoxy) is 3. The van der Waals surface area contributed by atoms with Gasteiger partial charge in [-0.3, -0.25) is 15.0 Å². The van der Waals surface area contributed by atoms with Crippen LogP contribution in [0.1, 0.15) is 12.5 Å². The molecule has 3 rings (SSSR count).